The van der Waals surface area contributed by atoms with Crippen LogP contribution in [0.25, 0.3) is 0 Å². The number of hydrogen-bond acceptors (Lipinski definition) is 1. The number of fused-ring (bicyclic) bond motifs is 1. The Morgan fingerprint density at radius 1 is 1.35 bits per heavy atom. The van der Waals surface area contributed by atoms with E-state index in [-0.39, 0.29) is 17.8 Å². The molecule has 0 saturated heterocycles. The molecule has 2 atom stereocenters. The van der Waals surface area contributed by atoms with Crippen molar-refractivity contribution in [2.24, 2.45) is 17.3 Å². The minimum absolute atomic E-state index is 0.0339. The van der Waals surface area contributed by atoms with Crippen molar-refractivity contribution in [3.8, 4) is 0 Å². The molecule has 2 heteroatoms. The van der Waals surface area contributed by atoms with Gasteiger partial charge in [0.1, 0.15) is 5.82 Å². The van der Waals surface area contributed by atoms with Crippen molar-refractivity contribution in [3.05, 3.63) is 35.1 Å². The minimum Gasteiger partial charge on any atom is -0.396 e. The lowest BCUT2D eigenvalue weighted by molar-refractivity contribution is 0.117. The molecular formula is C15H19FO. The van der Waals surface area contributed by atoms with E-state index < -0.39 is 0 Å². The number of aliphatic hydroxyl groups excluding tert-OH is 1. The van der Waals surface area contributed by atoms with Crippen LogP contribution in [0.15, 0.2) is 18.2 Å². The molecule has 0 heterocycles. The first-order valence-corrected chi connectivity index (χ1v) is 6.48. The lowest BCUT2D eigenvalue weighted by Gasteiger charge is -2.29. The van der Waals surface area contributed by atoms with E-state index in [9.17, 15) is 9.50 Å². The van der Waals surface area contributed by atoms with Crippen molar-refractivity contribution in [3.63, 3.8) is 0 Å². The summed E-state index contributed by atoms with van der Waals surface area (Å²) in [6.07, 6.45) is 4.44. The van der Waals surface area contributed by atoms with E-state index in [4.69, 9.17) is 0 Å². The molecule has 0 radical (unpaired) electrons. The Kier molecular flexibility index (Phi) is 2.51. The van der Waals surface area contributed by atoms with E-state index in [1.54, 1.807) is 6.07 Å². The molecule has 2 aliphatic carbocycles. The minimum atomic E-state index is -0.165. The molecule has 2 unspecified atom stereocenters. The summed E-state index contributed by atoms with van der Waals surface area (Å²) in [5, 5.41) is 9.68. The molecule has 2 fully saturated rings. The SMILES string of the molecule is Cc1ccc(F)cc1CC1(CO)CC2CC2C1. The van der Waals surface area contributed by atoms with E-state index in [0.717, 1.165) is 42.2 Å². The van der Waals surface area contributed by atoms with Gasteiger partial charge in [0.15, 0.2) is 0 Å². The summed E-state index contributed by atoms with van der Waals surface area (Å²) in [6, 6.07) is 4.98. The molecule has 0 bridgehead atoms. The standard InChI is InChI=1S/C15H19FO/c1-10-2-3-14(16)5-11(10)6-15(9-17)7-12-4-13(12)8-15/h2-3,5,12-13,17H,4,6-9H2,1H3. The van der Waals surface area contributed by atoms with Crippen LogP contribution in [0.5, 0.6) is 0 Å². The zero-order valence-corrected chi connectivity index (χ0v) is 10.2. The van der Waals surface area contributed by atoms with Crippen LogP contribution in [0.4, 0.5) is 4.39 Å². The lowest BCUT2D eigenvalue weighted by Crippen LogP contribution is -2.26. The molecule has 0 amide bonds. The highest BCUT2D eigenvalue weighted by atomic mass is 19.1. The van der Waals surface area contributed by atoms with Crippen molar-refractivity contribution in [1.82, 2.24) is 0 Å². The first kappa shape index (κ1) is 11.2. The van der Waals surface area contributed by atoms with Crippen LogP contribution in [-0.2, 0) is 6.42 Å². The maximum absolute atomic E-state index is 13.3. The van der Waals surface area contributed by atoms with Crippen LogP contribution < -0.4 is 0 Å². The second kappa shape index (κ2) is 3.81. The predicted octanol–water partition coefficient (Wildman–Crippen LogP) is 3.09. The molecule has 0 aromatic heterocycles. The largest absolute Gasteiger partial charge is 0.396 e. The van der Waals surface area contributed by atoms with Crippen LogP contribution in [0.3, 0.4) is 0 Å². The highest BCUT2D eigenvalue weighted by Crippen LogP contribution is 2.60. The van der Waals surface area contributed by atoms with E-state index in [0.29, 0.717) is 0 Å². The maximum atomic E-state index is 13.3. The number of aliphatic hydroxyl groups is 1. The number of rotatable bonds is 3. The third kappa shape index (κ3) is 1.99. The average Bonchev–Trinajstić information content (AvgIpc) is 2.92. The first-order chi connectivity index (χ1) is 8.12. The highest BCUT2D eigenvalue weighted by Gasteiger charge is 2.53. The van der Waals surface area contributed by atoms with Gasteiger partial charge in [0.25, 0.3) is 0 Å². The number of halogens is 1. The summed E-state index contributed by atoms with van der Waals surface area (Å²) in [5.41, 5.74) is 2.24. The molecule has 1 N–H and O–H groups in total. The van der Waals surface area contributed by atoms with Gasteiger partial charge in [-0.2, -0.15) is 0 Å². The van der Waals surface area contributed by atoms with Gasteiger partial charge < -0.3 is 5.11 Å². The normalized spacial score (nSPS) is 34.8. The van der Waals surface area contributed by atoms with Gasteiger partial charge in [0, 0.05) is 6.61 Å². The summed E-state index contributed by atoms with van der Waals surface area (Å²) in [4.78, 5) is 0. The second-order valence-corrected chi connectivity index (χ2v) is 6.07. The fourth-order valence-electron chi connectivity index (χ4n) is 3.57. The van der Waals surface area contributed by atoms with Crippen LogP contribution in [0, 0.1) is 30.0 Å². The van der Waals surface area contributed by atoms with Crippen molar-refractivity contribution in [2.45, 2.75) is 32.6 Å². The number of hydrogen-bond donors (Lipinski definition) is 1. The Balaban J connectivity index is 1.83. The molecule has 0 aliphatic heterocycles. The Labute approximate surface area is 102 Å². The molecule has 2 saturated carbocycles. The Hall–Kier alpha value is -0.890. The molecule has 2 aliphatic rings. The molecule has 92 valence electrons. The smallest absolute Gasteiger partial charge is 0.123 e. The van der Waals surface area contributed by atoms with Crippen molar-refractivity contribution < 1.29 is 9.50 Å². The summed E-state index contributed by atoms with van der Waals surface area (Å²) in [7, 11) is 0. The Bertz CT molecular complexity index is 431. The van der Waals surface area contributed by atoms with Gasteiger partial charge in [0.05, 0.1) is 0 Å². The molecule has 0 spiro atoms. The molecule has 3 rings (SSSR count). The van der Waals surface area contributed by atoms with Crippen LogP contribution >= 0.6 is 0 Å². The quantitative estimate of drug-likeness (QED) is 0.852. The monoisotopic (exact) mass is 234 g/mol. The summed E-state index contributed by atoms with van der Waals surface area (Å²) >= 11 is 0. The molecule has 1 aromatic carbocycles. The third-order valence-electron chi connectivity index (χ3n) is 4.67. The van der Waals surface area contributed by atoms with Crippen molar-refractivity contribution >= 4 is 0 Å². The number of aryl methyl sites for hydroxylation is 1. The zero-order chi connectivity index (χ0) is 12.0. The van der Waals surface area contributed by atoms with Gasteiger partial charge in [-0.3, -0.25) is 0 Å². The lowest BCUT2D eigenvalue weighted by atomic mass is 9.77. The van der Waals surface area contributed by atoms with Gasteiger partial charge in [-0.15, -0.1) is 0 Å². The predicted molar refractivity (Wildman–Crippen MR) is 65.2 cm³/mol. The van der Waals surface area contributed by atoms with E-state index in [1.807, 2.05) is 13.0 Å². The zero-order valence-electron chi connectivity index (χ0n) is 10.2. The fraction of sp³-hybridized carbons (Fsp3) is 0.600. The van der Waals surface area contributed by atoms with E-state index >= 15 is 0 Å². The summed E-state index contributed by atoms with van der Waals surface area (Å²) in [6.45, 7) is 2.27. The van der Waals surface area contributed by atoms with Crippen LogP contribution in [0.1, 0.15) is 30.4 Å². The van der Waals surface area contributed by atoms with Crippen LogP contribution in [-0.4, -0.2) is 11.7 Å². The molecular weight excluding hydrogens is 215 g/mol. The van der Waals surface area contributed by atoms with Crippen molar-refractivity contribution in [1.29, 1.82) is 0 Å². The second-order valence-electron chi connectivity index (χ2n) is 6.07. The maximum Gasteiger partial charge on any atom is 0.123 e. The van der Waals surface area contributed by atoms with E-state index in [2.05, 4.69) is 0 Å². The summed E-state index contributed by atoms with van der Waals surface area (Å²) in [5.74, 6) is 1.52. The van der Waals surface area contributed by atoms with E-state index in [1.165, 1.54) is 12.5 Å². The van der Waals surface area contributed by atoms with Crippen LogP contribution in [0.2, 0.25) is 0 Å². The highest BCUT2D eigenvalue weighted by molar-refractivity contribution is 5.28. The van der Waals surface area contributed by atoms with Gasteiger partial charge in [0.2, 0.25) is 0 Å². The molecule has 1 aromatic rings. The first-order valence-electron chi connectivity index (χ1n) is 6.48. The van der Waals surface area contributed by atoms with Gasteiger partial charge >= 0.3 is 0 Å². The fourth-order valence-corrected chi connectivity index (χ4v) is 3.57. The summed E-state index contributed by atoms with van der Waals surface area (Å²) < 4.78 is 13.3. The average molecular weight is 234 g/mol. The van der Waals surface area contributed by atoms with Crippen molar-refractivity contribution in [2.75, 3.05) is 6.61 Å². The van der Waals surface area contributed by atoms with Gasteiger partial charge in [-0.1, -0.05) is 6.07 Å². The number of benzene rings is 1. The Morgan fingerprint density at radius 2 is 2.06 bits per heavy atom. The molecule has 1 nitrogen and oxygen atoms in total. The third-order valence-corrected chi connectivity index (χ3v) is 4.67. The topological polar surface area (TPSA) is 20.2 Å². The van der Waals surface area contributed by atoms with Gasteiger partial charge in [-0.25, -0.2) is 4.39 Å². The van der Waals surface area contributed by atoms with Gasteiger partial charge in [-0.05, 0) is 73.1 Å². The molecule has 17 heavy (non-hydrogen) atoms. The Morgan fingerprint density at radius 3 is 2.71 bits per heavy atom.